The SMILES string of the molecule is COc1ccc(CNC(=O)C(C)(C)C(=O)Nc2ccc(OC)c(OC)c2)cc1. The average Bonchev–Trinajstić information content (AvgIpc) is 2.71. The van der Waals surface area contributed by atoms with Gasteiger partial charge in [-0.3, -0.25) is 9.59 Å². The van der Waals surface area contributed by atoms with E-state index in [1.807, 2.05) is 24.3 Å². The minimum atomic E-state index is -1.26. The largest absolute Gasteiger partial charge is 0.497 e. The number of rotatable bonds is 8. The summed E-state index contributed by atoms with van der Waals surface area (Å²) < 4.78 is 15.5. The van der Waals surface area contributed by atoms with E-state index in [0.717, 1.165) is 11.3 Å². The predicted octanol–water partition coefficient (Wildman–Crippen LogP) is 2.99. The van der Waals surface area contributed by atoms with E-state index in [1.165, 1.54) is 14.2 Å². The van der Waals surface area contributed by atoms with Gasteiger partial charge in [-0.2, -0.15) is 0 Å². The highest BCUT2D eigenvalue weighted by Gasteiger charge is 2.36. The van der Waals surface area contributed by atoms with E-state index in [2.05, 4.69) is 10.6 Å². The standard InChI is InChI=1S/C21H26N2O5/c1-21(2,19(24)22-13-14-6-9-16(26-3)10-7-14)20(25)23-15-8-11-17(27-4)18(12-15)28-5/h6-12H,13H2,1-5H3,(H,22,24)(H,23,25). The molecule has 2 aromatic rings. The molecule has 0 bridgehead atoms. The zero-order chi connectivity index (χ0) is 20.7. The van der Waals surface area contributed by atoms with Crippen LogP contribution in [0.4, 0.5) is 5.69 Å². The molecule has 0 aliphatic rings. The van der Waals surface area contributed by atoms with Crippen LogP contribution in [0.5, 0.6) is 17.2 Å². The topological polar surface area (TPSA) is 85.9 Å². The summed E-state index contributed by atoms with van der Waals surface area (Å²) in [5.74, 6) is 0.983. The van der Waals surface area contributed by atoms with E-state index < -0.39 is 11.3 Å². The summed E-state index contributed by atoms with van der Waals surface area (Å²) in [6.45, 7) is 3.47. The molecule has 7 heteroatoms. The van der Waals surface area contributed by atoms with Crippen LogP contribution in [0.25, 0.3) is 0 Å². The fraction of sp³-hybridized carbons (Fsp3) is 0.333. The Labute approximate surface area is 165 Å². The van der Waals surface area contributed by atoms with Gasteiger partial charge in [-0.15, -0.1) is 0 Å². The number of hydrogen-bond donors (Lipinski definition) is 2. The minimum absolute atomic E-state index is 0.315. The Hall–Kier alpha value is -3.22. The molecule has 0 radical (unpaired) electrons. The van der Waals surface area contributed by atoms with Gasteiger partial charge >= 0.3 is 0 Å². The van der Waals surface area contributed by atoms with Gasteiger partial charge in [-0.25, -0.2) is 0 Å². The Kier molecular flexibility index (Phi) is 6.87. The van der Waals surface area contributed by atoms with Crippen LogP contribution >= 0.6 is 0 Å². The molecule has 2 rings (SSSR count). The highest BCUT2D eigenvalue weighted by molar-refractivity contribution is 6.09. The van der Waals surface area contributed by atoms with Crippen molar-refractivity contribution in [1.29, 1.82) is 0 Å². The highest BCUT2D eigenvalue weighted by atomic mass is 16.5. The molecule has 0 aromatic heterocycles. The summed E-state index contributed by atoms with van der Waals surface area (Å²) in [5.41, 5.74) is 0.156. The predicted molar refractivity (Wildman–Crippen MR) is 107 cm³/mol. The molecule has 0 fully saturated rings. The van der Waals surface area contributed by atoms with Gasteiger partial charge in [0.15, 0.2) is 11.5 Å². The van der Waals surface area contributed by atoms with Crippen molar-refractivity contribution in [2.45, 2.75) is 20.4 Å². The molecule has 0 heterocycles. The lowest BCUT2D eigenvalue weighted by Crippen LogP contribution is -2.44. The Bertz CT molecular complexity index is 831. The van der Waals surface area contributed by atoms with E-state index in [1.54, 1.807) is 39.2 Å². The maximum Gasteiger partial charge on any atom is 0.239 e. The van der Waals surface area contributed by atoms with E-state index in [0.29, 0.717) is 23.7 Å². The van der Waals surface area contributed by atoms with E-state index >= 15 is 0 Å². The van der Waals surface area contributed by atoms with Crippen LogP contribution in [-0.4, -0.2) is 33.1 Å². The summed E-state index contributed by atoms with van der Waals surface area (Å²) in [4.78, 5) is 25.2. The van der Waals surface area contributed by atoms with Crippen molar-refractivity contribution in [2.75, 3.05) is 26.6 Å². The number of carbonyl (C=O) groups is 2. The summed E-state index contributed by atoms with van der Waals surface area (Å²) in [6, 6.07) is 12.4. The molecular formula is C21H26N2O5. The monoisotopic (exact) mass is 386 g/mol. The Morgan fingerprint density at radius 2 is 1.50 bits per heavy atom. The lowest BCUT2D eigenvalue weighted by molar-refractivity contribution is -0.138. The molecule has 0 saturated heterocycles. The van der Waals surface area contributed by atoms with Crippen molar-refractivity contribution in [3.63, 3.8) is 0 Å². The smallest absolute Gasteiger partial charge is 0.239 e. The zero-order valence-corrected chi connectivity index (χ0v) is 16.8. The molecule has 150 valence electrons. The summed E-state index contributed by atoms with van der Waals surface area (Å²) in [5, 5.41) is 5.55. The third-order valence-electron chi connectivity index (χ3n) is 4.39. The summed E-state index contributed by atoms with van der Waals surface area (Å²) in [7, 11) is 4.64. The number of nitrogens with one attached hydrogen (secondary N) is 2. The first kappa shape index (κ1) is 21.1. The number of anilines is 1. The number of methoxy groups -OCH3 is 3. The molecule has 0 aliphatic carbocycles. The van der Waals surface area contributed by atoms with Crippen LogP contribution in [0.2, 0.25) is 0 Å². The van der Waals surface area contributed by atoms with Crippen molar-refractivity contribution in [2.24, 2.45) is 5.41 Å². The van der Waals surface area contributed by atoms with Crippen molar-refractivity contribution in [3.8, 4) is 17.2 Å². The van der Waals surface area contributed by atoms with E-state index in [-0.39, 0.29) is 5.91 Å². The van der Waals surface area contributed by atoms with Crippen molar-refractivity contribution < 1.29 is 23.8 Å². The van der Waals surface area contributed by atoms with Crippen LogP contribution in [-0.2, 0) is 16.1 Å². The quantitative estimate of drug-likeness (QED) is 0.681. The van der Waals surface area contributed by atoms with Gasteiger partial charge in [0.1, 0.15) is 11.2 Å². The van der Waals surface area contributed by atoms with Crippen molar-refractivity contribution in [1.82, 2.24) is 5.32 Å². The molecule has 2 amide bonds. The number of carbonyl (C=O) groups excluding carboxylic acids is 2. The lowest BCUT2D eigenvalue weighted by Gasteiger charge is -2.23. The molecule has 0 spiro atoms. The number of hydrogen-bond acceptors (Lipinski definition) is 5. The molecule has 0 saturated carbocycles. The van der Waals surface area contributed by atoms with E-state index in [9.17, 15) is 9.59 Å². The van der Waals surface area contributed by atoms with Gasteiger partial charge in [0, 0.05) is 18.3 Å². The van der Waals surface area contributed by atoms with Crippen LogP contribution < -0.4 is 24.8 Å². The molecule has 0 atom stereocenters. The van der Waals surface area contributed by atoms with Crippen molar-refractivity contribution >= 4 is 17.5 Å². The average molecular weight is 386 g/mol. The normalized spacial score (nSPS) is 10.8. The molecular weight excluding hydrogens is 360 g/mol. The maximum absolute atomic E-state index is 12.7. The number of amides is 2. The van der Waals surface area contributed by atoms with Gasteiger partial charge in [0.25, 0.3) is 0 Å². The molecule has 28 heavy (non-hydrogen) atoms. The molecule has 7 nitrogen and oxygen atoms in total. The van der Waals surface area contributed by atoms with Gasteiger partial charge in [0.2, 0.25) is 11.8 Å². The lowest BCUT2D eigenvalue weighted by atomic mass is 9.90. The first-order valence-electron chi connectivity index (χ1n) is 8.76. The Morgan fingerprint density at radius 1 is 0.857 bits per heavy atom. The minimum Gasteiger partial charge on any atom is -0.497 e. The number of benzene rings is 2. The second kappa shape index (κ2) is 9.12. The summed E-state index contributed by atoms with van der Waals surface area (Å²) >= 11 is 0. The second-order valence-electron chi connectivity index (χ2n) is 6.68. The van der Waals surface area contributed by atoms with Crippen molar-refractivity contribution in [3.05, 3.63) is 48.0 Å². The van der Waals surface area contributed by atoms with Crippen LogP contribution in [0.15, 0.2) is 42.5 Å². The molecule has 2 N–H and O–H groups in total. The maximum atomic E-state index is 12.7. The molecule has 0 aliphatic heterocycles. The first-order valence-corrected chi connectivity index (χ1v) is 8.76. The van der Waals surface area contributed by atoms with Gasteiger partial charge in [-0.1, -0.05) is 12.1 Å². The van der Waals surface area contributed by atoms with Gasteiger partial charge in [-0.05, 0) is 43.7 Å². The van der Waals surface area contributed by atoms with Crippen LogP contribution in [0.3, 0.4) is 0 Å². The Morgan fingerprint density at radius 3 is 2.07 bits per heavy atom. The Balaban J connectivity index is 2.01. The first-order chi connectivity index (χ1) is 13.3. The van der Waals surface area contributed by atoms with Gasteiger partial charge < -0.3 is 24.8 Å². The molecule has 0 unspecified atom stereocenters. The zero-order valence-electron chi connectivity index (χ0n) is 16.8. The van der Waals surface area contributed by atoms with Crippen LogP contribution in [0.1, 0.15) is 19.4 Å². The fourth-order valence-electron chi connectivity index (χ4n) is 2.45. The summed E-state index contributed by atoms with van der Waals surface area (Å²) in [6.07, 6.45) is 0. The highest BCUT2D eigenvalue weighted by Crippen LogP contribution is 2.30. The molecule has 2 aromatic carbocycles. The van der Waals surface area contributed by atoms with Crippen LogP contribution in [0, 0.1) is 5.41 Å². The van der Waals surface area contributed by atoms with Gasteiger partial charge in [0.05, 0.1) is 21.3 Å². The van der Waals surface area contributed by atoms with E-state index in [4.69, 9.17) is 14.2 Å². The number of ether oxygens (including phenoxy) is 3. The third kappa shape index (κ3) is 4.94. The third-order valence-corrected chi connectivity index (χ3v) is 4.39. The second-order valence-corrected chi connectivity index (χ2v) is 6.68. The fourth-order valence-corrected chi connectivity index (χ4v) is 2.45.